The molecule has 2 amide bonds. The Kier molecular flexibility index (Phi) is 6.56. The lowest BCUT2D eigenvalue weighted by Crippen LogP contribution is -2.15. The third-order valence-electron chi connectivity index (χ3n) is 4.22. The molecule has 3 rings (SSSR count). The van der Waals surface area contributed by atoms with Crippen LogP contribution in [-0.4, -0.2) is 27.3 Å². The molecule has 0 heterocycles. The molecule has 9 heteroatoms. The predicted octanol–water partition coefficient (Wildman–Crippen LogP) is 3.71. The molecule has 160 valence electrons. The summed E-state index contributed by atoms with van der Waals surface area (Å²) < 4.78 is 32.5. The molecule has 0 aliphatic carbocycles. The van der Waals surface area contributed by atoms with Gasteiger partial charge in [0.15, 0.2) is 0 Å². The fourth-order valence-corrected chi connectivity index (χ4v) is 3.86. The smallest absolute Gasteiger partial charge is 0.261 e. The Bertz CT molecular complexity index is 1190. The fourth-order valence-electron chi connectivity index (χ4n) is 2.78. The van der Waals surface area contributed by atoms with E-state index in [-0.39, 0.29) is 10.8 Å². The van der Waals surface area contributed by atoms with E-state index in [1.807, 2.05) is 0 Å². The van der Waals surface area contributed by atoms with Crippen LogP contribution in [0.4, 0.5) is 17.1 Å². The highest BCUT2D eigenvalue weighted by Crippen LogP contribution is 2.28. The summed E-state index contributed by atoms with van der Waals surface area (Å²) in [7, 11) is -2.25. The van der Waals surface area contributed by atoms with Crippen molar-refractivity contribution in [1.82, 2.24) is 0 Å². The molecule has 3 aromatic rings. The largest absolute Gasteiger partial charge is 0.495 e. The number of carbonyl (C=O) groups excluding carboxylic acids is 2. The summed E-state index contributed by atoms with van der Waals surface area (Å²) in [5.74, 6) is -0.235. The van der Waals surface area contributed by atoms with E-state index in [2.05, 4.69) is 15.4 Å². The number of carbonyl (C=O) groups is 2. The SMILES string of the molecule is COc1ccc(NC(C)=O)cc1NC(=O)c1ccc(NS(=O)(=O)c2ccccc2)cc1. The summed E-state index contributed by atoms with van der Waals surface area (Å²) in [5, 5.41) is 5.37. The van der Waals surface area contributed by atoms with Crippen molar-refractivity contribution in [3.05, 3.63) is 78.4 Å². The van der Waals surface area contributed by atoms with Crippen LogP contribution in [0.25, 0.3) is 0 Å². The van der Waals surface area contributed by atoms with Crippen molar-refractivity contribution in [1.29, 1.82) is 0 Å². The van der Waals surface area contributed by atoms with Crippen molar-refractivity contribution in [2.24, 2.45) is 0 Å². The van der Waals surface area contributed by atoms with E-state index in [1.165, 1.54) is 50.4 Å². The van der Waals surface area contributed by atoms with Gasteiger partial charge in [-0.15, -0.1) is 0 Å². The minimum atomic E-state index is -3.72. The molecule has 0 spiro atoms. The van der Waals surface area contributed by atoms with Crippen LogP contribution in [0, 0.1) is 0 Å². The molecule has 3 N–H and O–H groups in total. The van der Waals surface area contributed by atoms with Crippen LogP contribution in [0.1, 0.15) is 17.3 Å². The zero-order chi connectivity index (χ0) is 22.4. The minimum absolute atomic E-state index is 0.142. The highest BCUT2D eigenvalue weighted by molar-refractivity contribution is 7.92. The summed E-state index contributed by atoms with van der Waals surface area (Å²) in [4.78, 5) is 24.0. The highest BCUT2D eigenvalue weighted by atomic mass is 32.2. The summed E-state index contributed by atoms with van der Waals surface area (Å²) in [6.45, 7) is 1.38. The second-order valence-corrected chi connectivity index (χ2v) is 8.23. The van der Waals surface area contributed by atoms with Crippen LogP contribution in [-0.2, 0) is 14.8 Å². The normalized spacial score (nSPS) is 10.8. The standard InChI is InChI=1S/C22H21N3O5S/c1-15(26)23-18-12-13-21(30-2)20(14-18)24-22(27)16-8-10-17(11-9-16)25-31(28,29)19-6-4-3-5-7-19/h3-14,25H,1-2H3,(H,23,26)(H,24,27). The fraction of sp³-hybridized carbons (Fsp3) is 0.0909. The zero-order valence-electron chi connectivity index (χ0n) is 16.9. The Morgan fingerprint density at radius 3 is 2.10 bits per heavy atom. The van der Waals surface area contributed by atoms with Crippen LogP contribution >= 0.6 is 0 Å². The lowest BCUT2D eigenvalue weighted by atomic mass is 10.2. The average molecular weight is 439 g/mol. The van der Waals surface area contributed by atoms with Gasteiger partial charge in [0.2, 0.25) is 5.91 Å². The summed E-state index contributed by atoms with van der Waals surface area (Å²) in [6, 6.07) is 18.9. The Morgan fingerprint density at radius 1 is 0.839 bits per heavy atom. The van der Waals surface area contributed by atoms with Crippen molar-refractivity contribution in [3.8, 4) is 5.75 Å². The van der Waals surface area contributed by atoms with E-state index in [1.54, 1.807) is 36.4 Å². The number of hydrogen-bond donors (Lipinski definition) is 3. The van der Waals surface area contributed by atoms with E-state index < -0.39 is 15.9 Å². The Labute approximate surface area is 180 Å². The second kappa shape index (κ2) is 9.31. The highest BCUT2D eigenvalue weighted by Gasteiger charge is 2.15. The maximum atomic E-state index is 12.6. The first kappa shape index (κ1) is 21.8. The first-order valence-electron chi connectivity index (χ1n) is 9.23. The van der Waals surface area contributed by atoms with Gasteiger partial charge < -0.3 is 15.4 Å². The maximum absolute atomic E-state index is 12.6. The van der Waals surface area contributed by atoms with Crippen molar-refractivity contribution in [2.75, 3.05) is 22.5 Å². The molecule has 8 nitrogen and oxygen atoms in total. The van der Waals surface area contributed by atoms with Crippen LogP contribution < -0.4 is 20.1 Å². The van der Waals surface area contributed by atoms with E-state index in [4.69, 9.17) is 4.74 Å². The van der Waals surface area contributed by atoms with Gasteiger partial charge in [-0.3, -0.25) is 14.3 Å². The number of hydrogen-bond acceptors (Lipinski definition) is 5. The maximum Gasteiger partial charge on any atom is 0.261 e. The average Bonchev–Trinajstić information content (AvgIpc) is 2.74. The number of sulfonamides is 1. The third kappa shape index (κ3) is 5.61. The summed E-state index contributed by atoms with van der Waals surface area (Å²) >= 11 is 0. The molecule has 0 unspecified atom stereocenters. The summed E-state index contributed by atoms with van der Waals surface area (Å²) in [6.07, 6.45) is 0. The molecule has 3 aromatic carbocycles. The van der Waals surface area contributed by atoms with Crippen molar-refractivity contribution < 1.29 is 22.7 Å². The van der Waals surface area contributed by atoms with E-state index in [9.17, 15) is 18.0 Å². The molecule has 0 bridgehead atoms. The van der Waals surface area contributed by atoms with Crippen LogP contribution in [0.5, 0.6) is 5.75 Å². The number of nitrogens with one attached hydrogen (secondary N) is 3. The molecular weight excluding hydrogens is 418 g/mol. The third-order valence-corrected chi connectivity index (χ3v) is 5.62. The number of benzene rings is 3. The number of methoxy groups -OCH3 is 1. The minimum Gasteiger partial charge on any atom is -0.495 e. The molecular formula is C22H21N3O5S. The van der Waals surface area contributed by atoms with E-state index in [0.29, 0.717) is 28.4 Å². The monoisotopic (exact) mass is 439 g/mol. The summed E-state index contributed by atoms with van der Waals surface area (Å²) in [5.41, 5.74) is 1.53. The van der Waals surface area contributed by atoms with Gasteiger partial charge >= 0.3 is 0 Å². The van der Waals surface area contributed by atoms with Gasteiger partial charge in [-0.2, -0.15) is 0 Å². The van der Waals surface area contributed by atoms with Gasteiger partial charge in [0.25, 0.3) is 15.9 Å². The first-order valence-corrected chi connectivity index (χ1v) is 10.7. The topological polar surface area (TPSA) is 114 Å². The first-order chi connectivity index (χ1) is 14.8. The quantitative estimate of drug-likeness (QED) is 0.519. The van der Waals surface area contributed by atoms with Crippen molar-refractivity contribution in [3.63, 3.8) is 0 Å². The van der Waals surface area contributed by atoms with Gasteiger partial charge in [0, 0.05) is 23.9 Å². The lowest BCUT2D eigenvalue weighted by molar-refractivity contribution is -0.114. The molecule has 0 saturated carbocycles. The molecule has 0 radical (unpaired) electrons. The van der Waals surface area contributed by atoms with E-state index in [0.717, 1.165) is 0 Å². The number of ether oxygens (including phenoxy) is 1. The van der Waals surface area contributed by atoms with Gasteiger partial charge in [-0.25, -0.2) is 8.42 Å². The molecule has 0 aromatic heterocycles. The van der Waals surface area contributed by atoms with Gasteiger partial charge in [0.05, 0.1) is 17.7 Å². The van der Waals surface area contributed by atoms with Gasteiger partial charge in [-0.1, -0.05) is 18.2 Å². The van der Waals surface area contributed by atoms with Crippen molar-refractivity contribution >= 4 is 38.9 Å². The number of anilines is 3. The Balaban J connectivity index is 1.74. The second-order valence-electron chi connectivity index (χ2n) is 6.55. The molecule has 0 fully saturated rings. The van der Waals surface area contributed by atoms with Crippen molar-refractivity contribution in [2.45, 2.75) is 11.8 Å². The number of amides is 2. The Morgan fingerprint density at radius 2 is 1.48 bits per heavy atom. The molecule has 0 aliphatic rings. The number of rotatable bonds is 7. The van der Waals surface area contributed by atoms with Crippen LogP contribution in [0.2, 0.25) is 0 Å². The van der Waals surface area contributed by atoms with Crippen LogP contribution in [0.15, 0.2) is 77.7 Å². The zero-order valence-corrected chi connectivity index (χ0v) is 17.7. The van der Waals surface area contributed by atoms with Crippen LogP contribution in [0.3, 0.4) is 0 Å². The van der Waals surface area contributed by atoms with Gasteiger partial charge in [-0.05, 0) is 54.6 Å². The lowest BCUT2D eigenvalue weighted by Gasteiger charge is -2.13. The van der Waals surface area contributed by atoms with Gasteiger partial charge in [0.1, 0.15) is 5.75 Å². The molecule has 0 aliphatic heterocycles. The predicted molar refractivity (Wildman–Crippen MR) is 119 cm³/mol. The Hall–Kier alpha value is -3.85. The van der Waals surface area contributed by atoms with E-state index >= 15 is 0 Å². The molecule has 31 heavy (non-hydrogen) atoms. The molecule has 0 atom stereocenters. The molecule has 0 saturated heterocycles.